The Bertz CT molecular complexity index is 1090. The monoisotopic (exact) mass is 396 g/mol. The number of para-hydroxylation sites is 1. The predicted octanol–water partition coefficient (Wildman–Crippen LogP) is 2.54. The number of nitrogens with zero attached hydrogens (tertiary/aromatic N) is 5. The first-order chi connectivity index (χ1) is 13.6. The third-order valence-electron chi connectivity index (χ3n) is 3.86. The Morgan fingerprint density at radius 3 is 2.93 bits per heavy atom. The Morgan fingerprint density at radius 2 is 2.11 bits per heavy atom. The zero-order valence-electron chi connectivity index (χ0n) is 14.6. The van der Waals surface area contributed by atoms with E-state index in [0.717, 1.165) is 15.8 Å². The second kappa shape index (κ2) is 7.71. The molecule has 4 aromatic rings. The molecule has 0 aliphatic heterocycles. The number of aromatic nitrogens is 5. The summed E-state index contributed by atoms with van der Waals surface area (Å²) in [7, 11) is 0. The highest BCUT2D eigenvalue weighted by Gasteiger charge is 2.13. The number of benzene rings is 2. The van der Waals surface area contributed by atoms with Crippen LogP contribution in [0.4, 0.5) is 0 Å². The lowest BCUT2D eigenvalue weighted by Gasteiger charge is -2.06. The first-order valence-electron chi connectivity index (χ1n) is 8.46. The second-order valence-electron chi connectivity index (χ2n) is 6.10. The molecule has 0 spiro atoms. The smallest absolute Gasteiger partial charge is 0.304 e. The molecule has 0 amide bonds. The van der Waals surface area contributed by atoms with E-state index in [-0.39, 0.29) is 13.0 Å². The Labute approximate surface area is 163 Å². The van der Waals surface area contributed by atoms with E-state index in [1.807, 2.05) is 42.5 Å². The van der Waals surface area contributed by atoms with Crippen LogP contribution in [0.1, 0.15) is 6.42 Å². The molecule has 0 radical (unpaired) electrons. The van der Waals surface area contributed by atoms with Crippen molar-refractivity contribution in [2.24, 2.45) is 5.73 Å². The molecule has 0 aliphatic rings. The molecule has 1 atom stereocenters. The zero-order chi connectivity index (χ0) is 19.5. The number of carboxylic acids is 1. The number of rotatable bonds is 7. The summed E-state index contributed by atoms with van der Waals surface area (Å²) < 4.78 is 6.93. The third-order valence-corrected chi connectivity index (χ3v) is 4.77. The molecular formula is C18H16N6O3S. The minimum atomic E-state index is -0.965. The number of ether oxygens (including phenoxy) is 1. The quantitative estimate of drug-likeness (QED) is 0.487. The minimum Gasteiger partial charge on any atom is -0.481 e. The Morgan fingerprint density at radius 1 is 1.25 bits per heavy atom. The highest BCUT2D eigenvalue weighted by molar-refractivity contribution is 7.20. The molecule has 2 aromatic heterocycles. The lowest BCUT2D eigenvalue weighted by Crippen LogP contribution is -2.30. The molecule has 0 bridgehead atoms. The maximum atomic E-state index is 10.7. The lowest BCUT2D eigenvalue weighted by molar-refractivity contribution is -0.137. The number of aliphatic carboxylic acids is 1. The number of nitrogens with two attached hydrogens (primary N) is 1. The zero-order valence-corrected chi connectivity index (χ0v) is 15.4. The molecule has 0 saturated heterocycles. The molecule has 142 valence electrons. The Hall–Kier alpha value is -3.37. The molecule has 3 N–H and O–H groups in total. The summed E-state index contributed by atoms with van der Waals surface area (Å²) in [6, 6.07) is 14.5. The van der Waals surface area contributed by atoms with E-state index in [1.165, 1.54) is 16.1 Å². The highest BCUT2D eigenvalue weighted by Crippen LogP contribution is 2.32. The van der Waals surface area contributed by atoms with E-state index in [9.17, 15) is 4.79 Å². The number of hydrogen-bond donors (Lipinski definition) is 2. The fraction of sp³-hybridized carbons (Fsp3) is 0.167. The molecule has 2 aromatic carbocycles. The van der Waals surface area contributed by atoms with Gasteiger partial charge in [-0.15, -0.1) is 10.2 Å². The van der Waals surface area contributed by atoms with Crippen molar-refractivity contribution in [3.8, 4) is 22.3 Å². The molecule has 0 fully saturated rings. The number of thiazole rings is 1. The number of hydrogen-bond acceptors (Lipinski definition) is 8. The largest absolute Gasteiger partial charge is 0.481 e. The van der Waals surface area contributed by atoms with Crippen LogP contribution < -0.4 is 10.5 Å². The van der Waals surface area contributed by atoms with Gasteiger partial charge in [0.2, 0.25) is 5.82 Å². The second-order valence-corrected chi connectivity index (χ2v) is 7.10. The van der Waals surface area contributed by atoms with Crippen LogP contribution in [0.2, 0.25) is 0 Å². The van der Waals surface area contributed by atoms with Crippen LogP contribution in [0, 0.1) is 0 Å². The van der Waals surface area contributed by atoms with Crippen molar-refractivity contribution < 1.29 is 14.6 Å². The maximum Gasteiger partial charge on any atom is 0.304 e. The van der Waals surface area contributed by atoms with Crippen LogP contribution >= 0.6 is 11.3 Å². The predicted molar refractivity (Wildman–Crippen MR) is 103 cm³/mol. The van der Waals surface area contributed by atoms with Crippen LogP contribution in [0.3, 0.4) is 0 Å². The van der Waals surface area contributed by atoms with Crippen LogP contribution in [-0.2, 0) is 11.3 Å². The Kier molecular flexibility index (Phi) is 4.96. The summed E-state index contributed by atoms with van der Waals surface area (Å²) in [5, 5.41) is 21.5. The first-order valence-corrected chi connectivity index (χ1v) is 9.27. The molecule has 0 unspecified atom stereocenters. The standard InChI is InChI=1S/C18H16N6O3S/c19-12(9-16(25)26)10-24-22-17(21-23-24)11-4-3-5-13(8-11)27-18-20-14-6-1-2-7-15(14)28-18/h1-8,12H,9-10,19H2,(H,25,26)/t12-/m1/s1. The van der Waals surface area contributed by atoms with Crippen molar-refractivity contribution in [2.75, 3.05) is 0 Å². The van der Waals surface area contributed by atoms with Gasteiger partial charge in [-0.2, -0.15) is 4.80 Å². The molecule has 9 nitrogen and oxygen atoms in total. The van der Waals surface area contributed by atoms with Gasteiger partial charge in [-0.3, -0.25) is 4.79 Å². The van der Waals surface area contributed by atoms with Crippen molar-refractivity contribution in [1.82, 2.24) is 25.2 Å². The van der Waals surface area contributed by atoms with Crippen LogP contribution in [0.5, 0.6) is 10.9 Å². The van der Waals surface area contributed by atoms with Gasteiger partial charge in [0, 0.05) is 11.6 Å². The van der Waals surface area contributed by atoms with Gasteiger partial charge in [0.05, 0.1) is 23.2 Å². The summed E-state index contributed by atoms with van der Waals surface area (Å²) in [6.45, 7) is 0.168. The van der Waals surface area contributed by atoms with Crippen molar-refractivity contribution in [3.05, 3.63) is 48.5 Å². The SMILES string of the molecule is N[C@H](CC(=O)O)Cn1nnc(-c2cccc(Oc3nc4ccccc4s3)c2)n1. The summed E-state index contributed by atoms with van der Waals surface area (Å²) in [6.07, 6.45) is -0.164. The molecule has 10 heteroatoms. The minimum absolute atomic E-state index is 0.164. The van der Waals surface area contributed by atoms with E-state index in [4.69, 9.17) is 15.6 Å². The van der Waals surface area contributed by atoms with Crippen molar-refractivity contribution in [3.63, 3.8) is 0 Å². The Balaban J connectivity index is 1.50. The maximum absolute atomic E-state index is 10.7. The molecule has 28 heavy (non-hydrogen) atoms. The van der Waals surface area contributed by atoms with E-state index in [0.29, 0.717) is 16.8 Å². The summed E-state index contributed by atoms with van der Waals surface area (Å²) >= 11 is 1.47. The summed E-state index contributed by atoms with van der Waals surface area (Å²) in [5.74, 6) is 0.0419. The lowest BCUT2D eigenvalue weighted by atomic mass is 10.2. The molecule has 2 heterocycles. The topological polar surface area (TPSA) is 129 Å². The van der Waals surface area contributed by atoms with Gasteiger partial charge in [0.15, 0.2) is 0 Å². The van der Waals surface area contributed by atoms with Gasteiger partial charge in [0.1, 0.15) is 5.75 Å². The number of tetrazole rings is 1. The molecule has 4 rings (SSSR count). The van der Waals surface area contributed by atoms with Gasteiger partial charge in [0.25, 0.3) is 5.19 Å². The molecule has 0 saturated carbocycles. The van der Waals surface area contributed by atoms with Crippen LogP contribution in [0.25, 0.3) is 21.6 Å². The van der Waals surface area contributed by atoms with E-state index < -0.39 is 12.0 Å². The molecular weight excluding hydrogens is 380 g/mol. The van der Waals surface area contributed by atoms with Gasteiger partial charge >= 0.3 is 5.97 Å². The summed E-state index contributed by atoms with van der Waals surface area (Å²) in [5.41, 5.74) is 7.37. The first kappa shape index (κ1) is 18.0. The van der Waals surface area contributed by atoms with Gasteiger partial charge in [-0.05, 0) is 29.5 Å². The fourth-order valence-electron chi connectivity index (χ4n) is 2.63. The fourth-order valence-corrected chi connectivity index (χ4v) is 3.46. The molecule has 0 aliphatic carbocycles. The van der Waals surface area contributed by atoms with Crippen LogP contribution in [-0.4, -0.2) is 42.3 Å². The number of carbonyl (C=O) groups is 1. The van der Waals surface area contributed by atoms with Crippen molar-refractivity contribution in [2.45, 2.75) is 19.0 Å². The number of fused-ring (bicyclic) bond motifs is 1. The average molecular weight is 396 g/mol. The van der Waals surface area contributed by atoms with Crippen molar-refractivity contribution >= 4 is 27.5 Å². The van der Waals surface area contributed by atoms with Gasteiger partial charge in [-0.1, -0.05) is 35.6 Å². The third kappa shape index (κ3) is 4.13. The van der Waals surface area contributed by atoms with Gasteiger partial charge in [-0.25, -0.2) is 4.98 Å². The van der Waals surface area contributed by atoms with E-state index in [1.54, 1.807) is 6.07 Å². The van der Waals surface area contributed by atoms with Gasteiger partial charge < -0.3 is 15.6 Å². The average Bonchev–Trinajstić information content (AvgIpc) is 3.27. The van der Waals surface area contributed by atoms with E-state index in [2.05, 4.69) is 20.4 Å². The van der Waals surface area contributed by atoms with E-state index >= 15 is 0 Å². The van der Waals surface area contributed by atoms with Crippen LogP contribution in [0.15, 0.2) is 48.5 Å². The summed E-state index contributed by atoms with van der Waals surface area (Å²) in [4.78, 5) is 16.5. The normalized spacial score (nSPS) is 12.2. The number of carboxylic acid groups (broad SMARTS) is 1. The van der Waals surface area contributed by atoms with Crippen molar-refractivity contribution in [1.29, 1.82) is 0 Å². The highest BCUT2D eigenvalue weighted by atomic mass is 32.1.